The zero-order chi connectivity index (χ0) is 19.9. The molecule has 146 valence electrons. The minimum atomic E-state index is -1.19. The highest BCUT2D eigenvalue weighted by Gasteiger charge is 2.51. The summed E-state index contributed by atoms with van der Waals surface area (Å²) in [4.78, 5) is 35.8. The lowest BCUT2D eigenvalue weighted by Gasteiger charge is -2.18. The summed E-state index contributed by atoms with van der Waals surface area (Å²) >= 11 is 0. The SMILES string of the molecule is O=C(O)[C@H]1O[C@@H]1C(=O)N[C@H](CCc1ccccc1)C(=O)NCc1ccccc1. The summed E-state index contributed by atoms with van der Waals surface area (Å²) in [6.45, 7) is 0.342. The molecule has 0 aliphatic carbocycles. The van der Waals surface area contributed by atoms with E-state index < -0.39 is 30.1 Å². The molecule has 3 rings (SSSR count). The topological polar surface area (TPSA) is 108 Å². The number of aliphatic carboxylic acids is 1. The van der Waals surface area contributed by atoms with Crippen molar-refractivity contribution in [3.05, 3.63) is 71.8 Å². The van der Waals surface area contributed by atoms with E-state index in [1.165, 1.54) is 0 Å². The van der Waals surface area contributed by atoms with E-state index in [1.807, 2.05) is 60.7 Å². The standard InChI is InChI=1S/C21H22N2O5/c24-19(22-13-15-9-5-2-6-10-15)16(12-11-14-7-3-1-4-8-14)23-20(25)17-18(28-17)21(26)27/h1-10,16-18H,11-13H2,(H,22,24)(H,23,25)(H,26,27)/t16-,17+,18+/m1/s1. The van der Waals surface area contributed by atoms with Crippen LogP contribution in [0.4, 0.5) is 0 Å². The Morgan fingerprint density at radius 3 is 2.11 bits per heavy atom. The molecule has 0 saturated carbocycles. The van der Waals surface area contributed by atoms with Crippen LogP contribution in [0.1, 0.15) is 17.5 Å². The van der Waals surface area contributed by atoms with Gasteiger partial charge in [-0.05, 0) is 24.0 Å². The highest BCUT2D eigenvalue weighted by molar-refractivity contribution is 5.95. The van der Waals surface area contributed by atoms with E-state index in [-0.39, 0.29) is 5.91 Å². The fourth-order valence-electron chi connectivity index (χ4n) is 2.89. The number of hydrogen-bond donors (Lipinski definition) is 3. The van der Waals surface area contributed by atoms with E-state index in [0.717, 1.165) is 11.1 Å². The Morgan fingerprint density at radius 1 is 0.929 bits per heavy atom. The number of amides is 2. The first-order valence-electron chi connectivity index (χ1n) is 9.09. The third-order valence-electron chi connectivity index (χ3n) is 4.50. The second kappa shape index (κ2) is 9.14. The van der Waals surface area contributed by atoms with Crippen LogP contribution in [0.15, 0.2) is 60.7 Å². The van der Waals surface area contributed by atoms with Gasteiger partial charge in [0.2, 0.25) is 5.91 Å². The number of hydrogen-bond acceptors (Lipinski definition) is 4. The van der Waals surface area contributed by atoms with Crippen molar-refractivity contribution in [1.82, 2.24) is 10.6 Å². The lowest BCUT2D eigenvalue weighted by atomic mass is 10.0. The highest BCUT2D eigenvalue weighted by Crippen LogP contribution is 2.22. The van der Waals surface area contributed by atoms with Gasteiger partial charge < -0.3 is 20.5 Å². The first kappa shape index (κ1) is 19.6. The van der Waals surface area contributed by atoms with Crippen LogP contribution in [-0.4, -0.2) is 41.1 Å². The van der Waals surface area contributed by atoms with Crippen LogP contribution in [0.2, 0.25) is 0 Å². The quantitative estimate of drug-likeness (QED) is 0.566. The van der Waals surface area contributed by atoms with E-state index in [2.05, 4.69) is 10.6 Å². The lowest BCUT2D eigenvalue weighted by Crippen LogP contribution is -2.48. The molecule has 0 radical (unpaired) electrons. The molecule has 2 aromatic rings. The maximum atomic E-state index is 12.6. The molecule has 7 heteroatoms. The van der Waals surface area contributed by atoms with Gasteiger partial charge in [-0.25, -0.2) is 4.79 Å². The molecular formula is C21H22N2O5. The molecule has 3 N–H and O–H groups in total. The van der Waals surface area contributed by atoms with Crippen molar-refractivity contribution in [2.75, 3.05) is 0 Å². The number of rotatable bonds is 9. The number of aryl methyl sites for hydroxylation is 1. The molecule has 2 aromatic carbocycles. The average Bonchev–Trinajstić information content (AvgIpc) is 3.52. The number of benzene rings is 2. The van der Waals surface area contributed by atoms with Crippen LogP contribution >= 0.6 is 0 Å². The van der Waals surface area contributed by atoms with Gasteiger partial charge in [0.05, 0.1) is 0 Å². The molecule has 28 heavy (non-hydrogen) atoms. The van der Waals surface area contributed by atoms with Gasteiger partial charge in [-0.15, -0.1) is 0 Å². The van der Waals surface area contributed by atoms with Gasteiger partial charge in [-0.1, -0.05) is 60.7 Å². The number of ether oxygens (including phenoxy) is 1. The molecule has 1 aliphatic heterocycles. The first-order chi connectivity index (χ1) is 13.5. The smallest absolute Gasteiger partial charge is 0.336 e. The number of nitrogens with one attached hydrogen (secondary N) is 2. The second-order valence-corrected chi connectivity index (χ2v) is 6.60. The third kappa shape index (κ3) is 5.40. The molecule has 1 heterocycles. The van der Waals surface area contributed by atoms with Crippen LogP contribution in [-0.2, 0) is 32.1 Å². The van der Waals surface area contributed by atoms with Gasteiger partial charge in [-0.2, -0.15) is 0 Å². The maximum absolute atomic E-state index is 12.6. The summed E-state index contributed by atoms with van der Waals surface area (Å²) in [5.41, 5.74) is 1.99. The molecule has 0 bridgehead atoms. The fraction of sp³-hybridized carbons (Fsp3) is 0.286. The number of epoxide rings is 1. The van der Waals surface area contributed by atoms with Crippen molar-refractivity contribution >= 4 is 17.8 Å². The summed E-state index contributed by atoms with van der Waals surface area (Å²) in [5, 5.41) is 14.3. The molecule has 7 nitrogen and oxygen atoms in total. The molecule has 1 saturated heterocycles. The van der Waals surface area contributed by atoms with Gasteiger partial charge in [0.15, 0.2) is 12.2 Å². The minimum Gasteiger partial charge on any atom is -0.479 e. The Balaban J connectivity index is 1.60. The summed E-state index contributed by atoms with van der Waals surface area (Å²) < 4.78 is 4.87. The maximum Gasteiger partial charge on any atom is 0.336 e. The minimum absolute atomic E-state index is 0.319. The Bertz CT molecular complexity index is 825. The fourth-order valence-corrected chi connectivity index (χ4v) is 2.89. The summed E-state index contributed by atoms with van der Waals surface area (Å²) in [7, 11) is 0. The highest BCUT2D eigenvalue weighted by atomic mass is 16.6. The Hall–Kier alpha value is -3.19. The molecule has 0 unspecified atom stereocenters. The van der Waals surface area contributed by atoms with E-state index in [1.54, 1.807) is 0 Å². The van der Waals surface area contributed by atoms with E-state index >= 15 is 0 Å². The van der Waals surface area contributed by atoms with E-state index in [9.17, 15) is 14.4 Å². The van der Waals surface area contributed by atoms with Gasteiger partial charge in [0.25, 0.3) is 5.91 Å². The zero-order valence-corrected chi connectivity index (χ0v) is 15.2. The molecule has 0 spiro atoms. The normalized spacial score (nSPS) is 18.7. The Morgan fingerprint density at radius 2 is 1.54 bits per heavy atom. The Kier molecular flexibility index (Phi) is 6.39. The number of carbonyl (C=O) groups is 3. The predicted octanol–water partition coefficient (Wildman–Crippen LogP) is 1.27. The second-order valence-electron chi connectivity index (χ2n) is 6.60. The lowest BCUT2D eigenvalue weighted by molar-refractivity contribution is -0.138. The molecule has 2 amide bonds. The van der Waals surface area contributed by atoms with Crippen molar-refractivity contribution in [2.24, 2.45) is 0 Å². The van der Waals surface area contributed by atoms with Gasteiger partial charge >= 0.3 is 5.97 Å². The molecule has 0 aromatic heterocycles. The summed E-state index contributed by atoms with van der Waals surface area (Å²) in [5.74, 6) is -2.09. The van der Waals surface area contributed by atoms with Crippen LogP contribution in [0.5, 0.6) is 0 Å². The van der Waals surface area contributed by atoms with Crippen molar-refractivity contribution < 1.29 is 24.2 Å². The van der Waals surface area contributed by atoms with Crippen molar-refractivity contribution in [1.29, 1.82) is 0 Å². The van der Waals surface area contributed by atoms with Crippen molar-refractivity contribution in [2.45, 2.75) is 37.6 Å². The van der Waals surface area contributed by atoms with E-state index in [0.29, 0.717) is 19.4 Å². The number of carbonyl (C=O) groups excluding carboxylic acids is 2. The largest absolute Gasteiger partial charge is 0.479 e. The summed E-state index contributed by atoms with van der Waals surface area (Å²) in [6, 6.07) is 18.3. The molecule has 1 fully saturated rings. The van der Waals surface area contributed by atoms with E-state index in [4.69, 9.17) is 9.84 Å². The molecule has 1 aliphatic rings. The van der Waals surface area contributed by atoms with Gasteiger partial charge in [0.1, 0.15) is 6.04 Å². The van der Waals surface area contributed by atoms with Gasteiger partial charge in [-0.3, -0.25) is 9.59 Å². The number of carboxylic acids is 1. The predicted molar refractivity (Wildman–Crippen MR) is 101 cm³/mol. The average molecular weight is 382 g/mol. The van der Waals surface area contributed by atoms with Crippen LogP contribution in [0, 0.1) is 0 Å². The molecule has 3 atom stereocenters. The van der Waals surface area contributed by atoms with Crippen molar-refractivity contribution in [3.8, 4) is 0 Å². The third-order valence-corrected chi connectivity index (χ3v) is 4.50. The van der Waals surface area contributed by atoms with Crippen LogP contribution in [0.25, 0.3) is 0 Å². The van der Waals surface area contributed by atoms with Gasteiger partial charge in [0, 0.05) is 6.54 Å². The molecular weight excluding hydrogens is 360 g/mol. The number of carboxylic acid groups (broad SMARTS) is 1. The van der Waals surface area contributed by atoms with Crippen LogP contribution in [0.3, 0.4) is 0 Å². The zero-order valence-electron chi connectivity index (χ0n) is 15.2. The summed E-state index contributed by atoms with van der Waals surface area (Å²) in [6.07, 6.45) is -1.19. The van der Waals surface area contributed by atoms with Crippen molar-refractivity contribution in [3.63, 3.8) is 0 Å². The van der Waals surface area contributed by atoms with Crippen LogP contribution < -0.4 is 10.6 Å². The monoisotopic (exact) mass is 382 g/mol. The Labute approximate surface area is 162 Å². The first-order valence-corrected chi connectivity index (χ1v) is 9.09.